The minimum atomic E-state index is -0.712. The highest BCUT2D eigenvalue weighted by atomic mass is 19.1. The van der Waals surface area contributed by atoms with Crippen LogP contribution in [0.4, 0.5) is 4.39 Å². The molecule has 0 aliphatic carbocycles. The van der Waals surface area contributed by atoms with Crippen LogP contribution in [0.3, 0.4) is 0 Å². The van der Waals surface area contributed by atoms with Gasteiger partial charge in [-0.3, -0.25) is 4.79 Å². The second-order valence-corrected chi connectivity index (χ2v) is 5.09. The summed E-state index contributed by atoms with van der Waals surface area (Å²) in [6.45, 7) is 6.66. The Kier molecular flexibility index (Phi) is 5.95. The van der Waals surface area contributed by atoms with E-state index < -0.39 is 5.54 Å². The zero-order chi connectivity index (χ0) is 15.2. The molecule has 0 aromatic heterocycles. The lowest BCUT2D eigenvalue weighted by atomic mass is 9.95. The van der Waals surface area contributed by atoms with Crippen LogP contribution in [0, 0.1) is 12.7 Å². The Morgan fingerprint density at radius 1 is 1.50 bits per heavy atom. The first-order chi connectivity index (χ1) is 9.39. The summed E-state index contributed by atoms with van der Waals surface area (Å²) in [7, 11) is 0. The van der Waals surface area contributed by atoms with Crippen LogP contribution >= 0.6 is 0 Å². The normalized spacial score (nSPS) is 13.8. The monoisotopic (exact) mass is 282 g/mol. The molecule has 0 fully saturated rings. The molecular formula is C15H23FN2O2. The van der Waals surface area contributed by atoms with Gasteiger partial charge >= 0.3 is 0 Å². The molecule has 0 saturated heterocycles. The molecule has 112 valence electrons. The van der Waals surface area contributed by atoms with Gasteiger partial charge in [0.1, 0.15) is 11.6 Å². The first-order valence-corrected chi connectivity index (χ1v) is 6.83. The maximum atomic E-state index is 13.0. The van der Waals surface area contributed by atoms with Gasteiger partial charge in [-0.25, -0.2) is 4.39 Å². The molecule has 0 aliphatic rings. The van der Waals surface area contributed by atoms with Gasteiger partial charge in [-0.2, -0.15) is 0 Å². The quantitative estimate of drug-likeness (QED) is 0.718. The summed E-state index contributed by atoms with van der Waals surface area (Å²) in [4.78, 5) is 11.4. The lowest BCUT2D eigenvalue weighted by Crippen LogP contribution is -2.53. The topological polar surface area (TPSA) is 64.3 Å². The van der Waals surface area contributed by atoms with Gasteiger partial charge in [-0.05, 0) is 57.0 Å². The van der Waals surface area contributed by atoms with Crippen LogP contribution in [0.15, 0.2) is 18.2 Å². The third-order valence-corrected chi connectivity index (χ3v) is 3.33. The number of aryl methyl sites for hydroxylation is 1. The van der Waals surface area contributed by atoms with Gasteiger partial charge in [0.25, 0.3) is 0 Å². The van der Waals surface area contributed by atoms with Crippen LogP contribution in [0.5, 0.6) is 5.75 Å². The highest BCUT2D eigenvalue weighted by molar-refractivity contribution is 5.84. The smallest absolute Gasteiger partial charge is 0.237 e. The van der Waals surface area contributed by atoms with Gasteiger partial charge in [0, 0.05) is 0 Å². The van der Waals surface area contributed by atoms with Crippen LogP contribution in [0.1, 0.15) is 32.3 Å². The summed E-state index contributed by atoms with van der Waals surface area (Å²) in [5.74, 6) is 0.0243. The van der Waals surface area contributed by atoms with Crippen molar-refractivity contribution in [2.24, 2.45) is 5.73 Å². The Morgan fingerprint density at radius 2 is 2.20 bits per heavy atom. The van der Waals surface area contributed by atoms with Crippen molar-refractivity contribution in [3.63, 3.8) is 0 Å². The Labute approximate surface area is 119 Å². The largest absolute Gasteiger partial charge is 0.493 e. The molecule has 1 amide bonds. The average Bonchev–Trinajstić information content (AvgIpc) is 2.37. The molecule has 4 nitrogen and oxygen atoms in total. The first-order valence-electron chi connectivity index (χ1n) is 6.83. The summed E-state index contributed by atoms with van der Waals surface area (Å²) in [5.41, 5.74) is 5.45. The lowest BCUT2D eigenvalue weighted by molar-refractivity contribution is -0.124. The van der Waals surface area contributed by atoms with E-state index in [0.29, 0.717) is 31.7 Å². The standard InChI is InChI=1S/C15H23FN2O2/c1-4-18-15(3,14(17)19)8-5-9-20-13-7-6-12(16)10-11(13)2/h6-7,10,18H,4-5,8-9H2,1-3H3,(H2,17,19). The van der Waals surface area contributed by atoms with Crippen LogP contribution in [0.25, 0.3) is 0 Å². The van der Waals surface area contributed by atoms with E-state index in [1.165, 1.54) is 12.1 Å². The maximum absolute atomic E-state index is 13.0. The summed E-state index contributed by atoms with van der Waals surface area (Å²) < 4.78 is 18.5. The summed E-state index contributed by atoms with van der Waals surface area (Å²) in [6, 6.07) is 4.41. The number of ether oxygens (including phenoxy) is 1. The molecule has 1 atom stereocenters. The molecule has 20 heavy (non-hydrogen) atoms. The van der Waals surface area contributed by atoms with E-state index in [2.05, 4.69) is 5.32 Å². The average molecular weight is 282 g/mol. The molecule has 0 aliphatic heterocycles. The fourth-order valence-corrected chi connectivity index (χ4v) is 2.07. The number of rotatable bonds is 8. The van der Waals surface area contributed by atoms with Crippen LogP contribution in [-0.4, -0.2) is 24.6 Å². The maximum Gasteiger partial charge on any atom is 0.237 e. The predicted molar refractivity (Wildman–Crippen MR) is 77.1 cm³/mol. The molecule has 1 aromatic carbocycles. The second kappa shape index (κ2) is 7.24. The Balaban J connectivity index is 2.46. The van der Waals surface area contributed by atoms with Crippen LogP contribution in [0.2, 0.25) is 0 Å². The van der Waals surface area contributed by atoms with Gasteiger partial charge in [-0.15, -0.1) is 0 Å². The van der Waals surface area contributed by atoms with Crippen molar-refractivity contribution in [2.45, 2.75) is 39.2 Å². The molecule has 0 radical (unpaired) electrons. The number of amides is 1. The Morgan fingerprint density at radius 3 is 2.75 bits per heavy atom. The van der Waals surface area contributed by atoms with Gasteiger partial charge in [-0.1, -0.05) is 6.92 Å². The SMILES string of the molecule is CCNC(C)(CCCOc1ccc(F)cc1C)C(N)=O. The highest BCUT2D eigenvalue weighted by Crippen LogP contribution is 2.19. The van der Waals surface area contributed by atoms with E-state index in [9.17, 15) is 9.18 Å². The Hall–Kier alpha value is -1.62. The van der Waals surface area contributed by atoms with Gasteiger partial charge in [0.15, 0.2) is 0 Å². The fourth-order valence-electron chi connectivity index (χ4n) is 2.07. The van der Waals surface area contributed by atoms with Gasteiger partial charge in [0.05, 0.1) is 12.1 Å². The third-order valence-electron chi connectivity index (χ3n) is 3.33. The van der Waals surface area contributed by atoms with Crippen molar-refractivity contribution in [3.8, 4) is 5.75 Å². The Bertz CT molecular complexity index is 465. The first kappa shape index (κ1) is 16.4. The van der Waals surface area contributed by atoms with Gasteiger partial charge < -0.3 is 15.8 Å². The number of primary amides is 1. The zero-order valence-corrected chi connectivity index (χ0v) is 12.3. The van der Waals surface area contributed by atoms with Crippen molar-refractivity contribution in [2.75, 3.05) is 13.2 Å². The number of hydrogen-bond acceptors (Lipinski definition) is 3. The molecule has 0 heterocycles. The zero-order valence-electron chi connectivity index (χ0n) is 12.3. The van der Waals surface area contributed by atoms with E-state index in [1.54, 1.807) is 19.9 Å². The molecule has 0 saturated carbocycles. The minimum Gasteiger partial charge on any atom is -0.493 e. The predicted octanol–water partition coefficient (Wildman–Crippen LogP) is 2.15. The molecule has 1 aromatic rings. The molecule has 0 bridgehead atoms. The number of likely N-dealkylation sites (N-methyl/N-ethyl adjacent to an activating group) is 1. The number of carbonyl (C=O) groups excluding carboxylic acids is 1. The molecular weight excluding hydrogens is 259 g/mol. The van der Waals surface area contributed by atoms with Crippen molar-refractivity contribution < 1.29 is 13.9 Å². The van der Waals surface area contributed by atoms with Crippen LogP contribution in [-0.2, 0) is 4.79 Å². The van der Waals surface area contributed by atoms with Crippen molar-refractivity contribution in [1.29, 1.82) is 0 Å². The van der Waals surface area contributed by atoms with E-state index in [-0.39, 0.29) is 11.7 Å². The number of hydrogen-bond donors (Lipinski definition) is 2. The van der Waals surface area contributed by atoms with Crippen molar-refractivity contribution in [3.05, 3.63) is 29.6 Å². The minimum absolute atomic E-state index is 0.275. The number of nitrogens with two attached hydrogens (primary N) is 1. The van der Waals surface area contributed by atoms with E-state index in [0.717, 1.165) is 5.56 Å². The molecule has 1 rings (SSSR count). The van der Waals surface area contributed by atoms with Gasteiger partial charge in [0.2, 0.25) is 5.91 Å². The van der Waals surface area contributed by atoms with Crippen molar-refractivity contribution in [1.82, 2.24) is 5.32 Å². The van der Waals surface area contributed by atoms with Crippen molar-refractivity contribution >= 4 is 5.91 Å². The molecule has 0 spiro atoms. The molecule has 5 heteroatoms. The van der Waals surface area contributed by atoms with E-state index in [4.69, 9.17) is 10.5 Å². The fraction of sp³-hybridized carbons (Fsp3) is 0.533. The van der Waals surface area contributed by atoms with Crippen LogP contribution < -0.4 is 15.8 Å². The summed E-state index contributed by atoms with van der Waals surface area (Å²) >= 11 is 0. The number of halogens is 1. The molecule has 1 unspecified atom stereocenters. The number of nitrogens with one attached hydrogen (secondary N) is 1. The van der Waals surface area contributed by atoms with E-state index >= 15 is 0 Å². The number of benzene rings is 1. The third kappa shape index (κ3) is 4.49. The summed E-state index contributed by atoms with van der Waals surface area (Å²) in [5, 5.41) is 3.10. The number of carbonyl (C=O) groups is 1. The highest BCUT2D eigenvalue weighted by Gasteiger charge is 2.29. The van der Waals surface area contributed by atoms with E-state index in [1.807, 2.05) is 6.92 Å². The second-order valence-electron chi connectivity index (χ2n) is 5.09. The molecule has 3 N–H and O–H groups in total. The summed E-state index contributed by atoms with van der Waals surface area (Å²) in [6.07, 6.45) is 1.28. The lowest BCUT2D eigenvalue weighted by Gasteiger charge is -2.26.